The number of aldehydes is 1. The second-order valence-electron chi connectivity index (χ2n) is 7.72. The molecule has 0 unspecified atom stereocenters. The SMILES string of the molecule is CCCCOc1c(OC)cc(C=O)cc1Oc1cc(C)ccc1C(C)(C)C. The molecule has 0 amide bonds. The quantitative estimate of drug-likeness (QED) is 0.417. The van der Waals surface area contributed by atoms with E-state index >= 15 is 0 Å². The lowest BCUT2D eigenvalue weighted by molar-refractivity contribution is 0.112. The van der Waals surface area contributed by atoms with Crippen LogP contribution >= 0.6 is 0 Å². The largest absolute Gasteiger partial charge is 0.493 e. The van der Waals surface area contributed by atoms with Crippen molar-refractivity contribution in [3.8, 4) is 23.0 Å². The predicted molar refractivity (Wildman–Crippen MR) is 109 cm³/mol. The summed E-state index contributed by atoms with van der Waals surface area (Å²) in [4.78, 5) is 11.4. The van der Waals surface area contributed by atoms with Crippen LogP contribution in [0.3, 0.4) is 0 Å². The van der Waals surface area contributed by atoms with Crippen molar-refractivity contribution in [2.75, 3.05) is 13.7 Å². The van der Waals surface area contributed by atoms with E-state index < -0.39 is 0 Å². The van der Waals surface area contributed by atoms with Crippen LogP contribution in [0.2, 0.25) is 0 Å². The zero-order valence-electron chi connectivity index (χ0n) is 17.2. The molecule has 0 aromatic heterocycles. The number of hydrogen-bond acceptors (Lipinski definition) is 4. The Bertz CT molecular complexity index is 788. The first kappa shape index (κ1) is 20.8. The summed E-state index contributed by atoms with van der Waals surface area (Å²) >= 11 is 0. The first-order valence-electron chi connectivity index (χ1n) is 9.39. The van der Waals surface area contributed by atoms with Gasteiger partial charge in [-0.05, 0) is 42.5 Å². The second kappa shape index (κ2) is 8.94. The number of rotatable bonds is 8. The highest BCUT2D eigenvalue weighted by Gasteiger charge is 2.22. The number of methoxy groups -OCH3 is 1. The molecule has 0 atom stereocenters. The summed E-state index contributed by atoms with van der Waals surface area (Å²) in [6.07, 6.45) is 2.73. The molecule has 27 heavy (non-hydrogen) atoms. The van der Waals surface area contributed by atoms with Crippen molar-refractivity contribution < 1.29 is 19.0 Å². The lowest BCUT2D eigenvalue weighted by atomic mass is 9.86. The van der Waals surface area contributed by atoms with Gasteiger partial charge in [-0.2, -0.15) is 0 Å². The van der Waals surface area contributed by atoms with Crippen LogP contribution in [-0.2, 0) is 5.41 Å². The Kier molecular flexibility index (Phi) is 6.89. The highest BCUT2D eigenvalue weighted by molar-refractivity contribution is 5.78. The third-order valence-electron chi connectivity index (χ3n) is 4.31. The van der Waals surface area contributed by atoms with E-state index in [4.69, 9.17) is 14.2 Å². The minimum Gasteiger partial charge on any atom is -0.493 e. The smallest absolute Gasteiger partial charge is 0.204 e. The van der Waals surface area contributed by atoms with Gasteiger partial charge in [0.05, 0.1) is 13.7 Å². The zero-order valence-corrected chi connectivity index (χ0v) is 17.2. The van der Waals surface area contributed by atoms with E-state index in [9.17, 15) is 4.79 Å². The van der Waals surface area contributed by atoms with Crippen molar-refractivity contribution in [2.24, 2.45) is 0 Å². The number of hydrogen-bond donors (Lipinski definition) is 0. The average Bonchev–Trinajstić information content (AvgIpc) is 2.61. The number of aryl methyl sites for hydroxylation is 1. The Balaban J connectivity index is 2.54. The normalized spacial score (nSPS) is 11.2. The summed E-state index contributed by atoms with van der Waals surface area (Å²) in [5.74, 6) is 2.27. The van der Waals surface area contributed by atoms with Gasteiger partial charge in [-0.1, -0.05) is 46.2 Å². The van der Waals surface area contributed by atoms with Crippen molar-refractivity contribution in [3.63, 3.8) is 0 Å². The van der Waals surface area contributed by atoms with Gasteiger partial charge in [0.15, 0.2) is 11.5 Å². The molecule has 0 aliphatic carbocycles. The highest BCUT2D eigenvalue weighted by Crippen LogP contribution is 2.43. The summed E-state index contributed by atoms with van der Waals surface area (Å²) in [6.45, 7) is 11.1. The van der Waals surface area contributed by atoms with Gasteiger partial charge >= 0.3 is 0 Å². The molecule has 0 aliphatic rings. The number of ether oxygens (including phenoxy) is 3. The lowest BCUT2D eigenvalue weighted by Crippen LogP contribution is -2.13. The molecular weight excluding hydrogens is 340 g/mol. The van der Waals surface area contributed by atoms with Gasteiger partial charge in [0.2, 0.25) is 5.75 Å². The van der Waals surface area contributed by atoms with E-state index in [1.807, 2.05) is 13.0 Å². The summed E-state index contributed by atoms with van der Waals surface area (Å²) in [5.41, 5.74) is 2.58. The summed E-state index contributed by atoms with van der Waals surface area (Å²) in [5, 5.41) is 0. The molecule has 0 aliphatic heterocycles. The minimum absolute atomic E-state index is 0.0847. The molecule has 0 heterocycles. The molecule has 0 radical (unpaired) electrons. The number of unbranched alkanes of at least 4 members (excludes halogenated alkanes) is 1. The molecule has 0 bridgehead atoms. The Labute approximate surface area is 162 Å². The molecule has 146 valence electrons. The molecular formula is C23H30O4. The van der Waals surface area contributed by atoms with Gasteiger partial charge < -0.3 is 14.2 Å². The first-order valence-corrected chi connectivity index (χ1v) is 9.39. The summed E-state index contributed by atoms with van der Waals surface area (Å²) in [7, 11) is 1.56. The molecule has 2 aromatic rings. The number of carbonyl (C=O) groups excluding carboxylic acids is 1. The topological polar surface area (TPSA) is 44.8 Å². The van der Waals surface area contributed by atoms with Gasteiger partial charge in [-0.15, -0.1) is 0 Å². The second-order valence-corrected chi connectivity index (χ2v) is 7.72. The monoisotopic (exact) mass is 370 g/mol. The van der Waals surface area contributed by atoms with Gasteiger partial charge in [-0.25, -0.2) is 0 Å². The maximum absolute atomic E-state index is 11.4. The Morgan fingerprint density at radius 2 is 1.74 bits per heavy atom. The average molecular weight is 370 g/mol. The molecule has 0 fully saturated rings. The van der Waals surface area contributed by atoms with Gasteiger partial charge in [0.1, 0.15) is 12.0 Å². The minimum atomic E-state index is -0.0847. The lowest BCUT2D eigenvalue weighted by Gasteiger charge is -2.24. The van der Waals surface area contributed by atoms with Crippen LogP contribution in [0.1, 0.15) is 62.0 Å². The first-order chi connectivity index (χ1) is 12.8. The van der Waals surface area contributed by atoms with Crippen molar-refractivity contribution in [1.29, 1.82) is 0 Å². The van der Waals surface area contributed by atoms with Crippen molar-refractivity contribution in [3.05, 3.63) is 47.0 Å². The molecule has 0 saturated carbocycles. The van der Waals surface area contributed by atoms with Crippen LogP contribution in [0.15, 0.2) is 30.3 Å². The van der Waals surface area contributed by atoms with E-state index in [1.54, 1.807) is 19.2 Å². The predicted octanol–water partition coefficient (Wildman–Crippen LogP) is 6.08. The maximum Gasteiger partial charge on any atom is 0.204 e. The third kappa shape index (κ3) is 5.25. The van der Waals surface area contributed by atoms with Gasteiger partial charge in [0.25, 0.3) is 0 Å². The number of benzene rings is 2. The molecule has 0 N–H and O–H groups in total. The molecule has 0 saturated heterocycles. The fourth-order valence-corrected chi connectivity index (χ4v) is 2.81. The van der Waals surface area contributed by atoms with Crippen molar-refractivity contribution >= 4 is 6.29 Å². The van der Waals surface area contributed by atoms with E-state index in [-0.39, 0.29) is 5.41 Å². The van der Waals surface area contributed by atoms with E-state index in [0.717, 1.165) is 36.0 Å². The van der Waals surface area contributed by atoms with Crippen molar-refractivity contribution in [1.82, 2.24) is 0 Å². The Morgan fingerprint density at radius 1 is 1.04 bits per heavy atom. The van der Waals surface area contributed by atoms with Crippen LogP contribution in [-0.4, -0.2) is 20.0 Å². The molecule has 2 aromatic carbocycles. The fourth-order valence-electron chi connectivity index (χ4n) is 2.81. The highest BCUT2D eigenvalue weighted by atomic mass is 16.5. The third-order valence-corrected chi connectivity index (χ3v) is 4.31. The van der Waals surface area contributed by atoms with Crippen LogP contribution in [0.5, 0.6) is 23.0 Å². The fraction of sp³-hybridized carbons (Fsp3) is 0.435. The Hall–Kier alpha value is -2.49. The van der Waals surface area contributed by atoms with Crippen LogP contribution < -0.4 is 14.2 Å². The van der Waals surface area contributed by atoms with E-state index in [2.05, 4.69) is 39.8 Å². The van der Waals surface area contributed by atoms with Gasteiger partial charge in [-0.3, -0.25) is 4.79 Å². The van der Waals surface area contributed by atoms with E-state index in [1.165, 1.54) is 0 Å². The molecule has 4 heteroatoms. The summed E-state index contributed by atoms with van der Waals surface area (Å²) in [6, 6.07) is 9.54. The van der Waals surface area contributed by atoms with Crippen molar-refractivity contribution in [2.45, 2.75) is 52.9 Å². The van der Waals surface area contributed by atoms with Crippen LogP contribution in [0.4, 0.5) is 0 Å². The maximum atomic E-state index is 11.4. The molecule has 0 spiro atoms. The Morgan fingerprint density at radius 3 is 2.33 bits per heavy atom. The molecule has 2 rings (SSSR count). The van der Waals surface area contributed by atoms with E-state index in [0.29, 0.717) is 29.4 Å². The van der Waals surface area contributed by atoms with Crippen LogP contribution in [0, 0.1) is 6.92 Å². The zero-order chi connectivity index (χ0) is 20.0. The van der Waals surface area contributed by atoms with Crippen LogP contribution in [0.25, 0.3) is 0 Å². The molecule has 4 nitrogen and oxygen atoms in total. The number of carbonyl (C=O) groups is 1. The standard InChI is InChI=1S/C23H30O4/c1-7-8-11-26-22-20(25-6)13-17(15-24)14-21(22)27-19-12-16(2)9-10-18(19)23(3,4)5/h9-10,12-15H,7-8,11H2,1-6H3. The summed E-state index contributed by atoms with van der Waals surface area (Å²) < 4.78 is 17.7. The van der Waals surface area contributed by atoms with Gasteiger partial charge in [0, 0.05) is 11.1 Å².